The van der Waals surface area contributed by atoms with Crippen LogP contribution in [0, 0.1) is 0 Å². The lowest BCUT2D eigenvalue weighted by molar-refractivity contribution is 0.0369. The molecular weight excluding hydrogens is 260 g/mol. The fourth-order valence-electron chi connectivity index (χ4n) is 2.38. The number of aryl methyl sites for hydroxylation is 1. The molecule has 0 spiro atoms. The minimum atomic E-state index is -0.473. The summed E-state index contributed by atoms with van der Waals surface area (Å²) in [7, 11) is 1.31. The van der Waals surface area contributed by atoms with E-state index in [-0.39, 0.29) is 0 Å². The molecular formula is C14H20N2O4. The van der Waals surface area contributed by atoms with Gasteiger partial charge in [-0.15, -0.1) is 0 Å². The molecule has 0 aromatic carbocycles. The average molecular weight is 280 g/mol. The topological polar surface area (TPSA) is 60.8 Å². The standard InChI is InChI=1S/C14H20N2O4/c1-19-14(18)12-3-6-16(13(12)11-17)5-2-4-15-7-9-20-10-8-15/h3,6,11H,2,4-5,7-10H2,1H3. The van der Waals surface area contributed by atoms with Crippen LogP contribution in [0.4, 0.5) is 0 Å². The zero-order valence-electron chi connectivity index (χ0n) is 11.7. The summed E-state index contributed by atoms with van der Waals surface area (Å²) in [4.78, 5) is 25.0. The fraction of sp³-hybridized carbons (Fsp3) is 0.571. The molecule has 6 heteroatoms. The average Bonchev–Trinajstić information content (AvgIpc) is 2.90. The van der Waals surface area contributed by atoms with Crippen LogP contribution in [0.3, 0.4) is 0 Å². The second-order valence-corrected chi connectivity index (χ2v) is 4.73. The van der Waals surface area contributed by atoms with Crippen molar-refractivity contribution in [2.24, 2.45) is 0 Å². The highest BCUT2D eigenvalue weighted by molar-refractivity contribution is 5.97. The number of aromatic nitrogens is 1. The van der Waals surface area contributed by atoms with Gasteiger partial charge in [0.2, 0.25) is 0 Å². The minimum Gasteiger partial charge on any atom is -0.465 e. The zero-order chi connectivity index (χ0) is 14.4. The predicted molar refractivity (Wildman–Crippen MR) is 73.0 cm³/mol. The monoisotopic (exact) mass is 280 g/mol. The number of rotatable bonds is 6. The van der Waals surface area contributed by atoms with E-state index >= 15 is 0 Å². The summed E-state index contributed by atoms with van der Waals surface area (Å²) >= 11 is 0. The molecule has 0 N–H and O–H groups in total. The Balaban J connectivity index is 1.90. The van der Waals surface area contributed by atoms with E-state index in [1.807, 2.05) is 0 Å². The Kier molecular flexibility index (Phi) is 5.31. The molecule has 0 unspecified atom stereocenters. The van der Waals surface area contributed by atoms with Crippen LogP contribution in [-0.2, 0) is 16.0 Å². The molecule has 1 fully saturated rings. The Bertz CT molecular complexity index is 464. The Hall–Kier alpha value is -1.66. The second kappa shape index (κ2) is 7.21. The van der Waals surface area contributed by atoms with Crippen LogP contribution in [0.15, 0.2) is 12.3 Å². The number of carbonyl (C=O) groups excluding carboxylic acids is 2. The summed E-state index contributed by atoms with van der Waals surface area (Å²) < 4.78 is 11.8. The molecule has 1 saturated heterocycles. The van der Waals surface area contributed by atoms with Gasteiger partial charge < -0.3 is 14.0 Å². The van der Waals surface area contributed by atoms with Crippen LogP contribution in [0.1, 0.15) is 27.3 Å². The van der Waals surface area contributed by atoms with E-state index in [1.54, 1.807) is 16.8 Å². The van der Waals surface area contributed by atoms with Crippen LogP contribution in [-0.4, -0.2) is 61.7 Å². The van der Waals surface area contributed by atoms with Crippen molar-refractivity contribution in [1.82, 2.24) is 9.47 Å². The van der Waals surface area contributed by atoms with E-state index in [2.05, 4.69) is 9.64 Å². The first kappa shape index (κ1) is 14.7. The van der Waals surface area contributed by atoms with Gasteiger partial charge >= 0.3 is 5.97 Å². The molecule has 0 aliphatic carbocycles. The molecule has 2 rings (SSSR count). The fourth-order valence-corrected chi connectivity index (χ4v) is 2.38. The third kappa shape index (κ3) is 3.46. The summed E-state index contributed by atoms with van der Waals surface area (Å²) in [6.45, 7) is 5.17. The number of hydrogen-bond donors (Lipinski definition) is 0. The summed E-state index contributed by atoms with van der Waals surface area (Å²) in [5.74, 6) is -0.473. The second-order valence-electron chi connectivity index (χ2n) is 4.73. The van der Waals surface area contributed by atoms with Crippen molar-refractivity contribution in [2.45, 2.75) is 13.0 Å². The highest BCUT2D eigenvalue weighted by atomic mass is 16.5. The first-order valence-corrected chi connectivity index (χ1v) is 6.79. The Morgan fingerprint density at radius 1 is 1.40 bits per heavy atom. The highest BCUT2D eigenvalue weighted by Crippen LogP contribution is 2.11. The summed E-state index contributed by atoms with van der Waals surface area (Å²) in [5, 5.41) is 0. The zero-order valence-corrected chi connectivity index (χ0v) is 11.7. The van der Waals surface area contributed by atoms with Gasteiger partial charge in [0.1, 0.15) is 0 Å². The van der Waals surface area contributed by atoms with Gasteiger partial charge in [0, 0.05) is 32.4 Å². The molecule has 0 saturated carbocycles. The molecule has 1 aromatic rings. The lowest BCUT2D eigenvalue weighted by Crippen LogP contribution is -2.37. The third-order valence-electron chi connectivity index (χ3n) is 3.50. The van der Waals surface area contributed by atoms with Crippen LogP contribution >= 0.6 is 0 Å². The van der Waals surface area contributed by atoms with E-state index in [4.69, 9.17) is 4.74 Å². The lowest BCUT2D eigenvalue weighted by atomic mass is 10.2. The van der Waals surface area contributed by atoms with Gasteiger partial charge in [-0.2, -0.15) is 0 Å². The minimum absolute atomic E-state index is 0.328. The molecule has 6 nitrogen and oxygen atoms in total. The number of methoxy groups -OCH3 is 1. The Labute approximate surface area is 118 Å². The largest absolute Gasteiger partial charge is 0.465 e. The molecule has 1 aliphatic rings. The predicted octanol–water partition coefficient (Wildman–Crippen LogP) is 0.809. The van der Waals surface area contributed by atoms with Gasteiger partial charge in [-0.3, -0.25) is 9.69 Å². The first-order chi connectivity index (χ1) is 9.76. The van der Waals surface area contributed by atoms with Crippen LogP contribution in [0.5, 0.6) is 0 Å². The summed E-state index contributed by atoms with van der Waals surface area (Å²) in [6.07, 6.45) is 3.40. The molecule has 1 aliphatic heterocycles. The molecule has 0 bridgehead atoms. The maximum Gasteiger partial charge on any atom is 0.340 e. The van der Waals surface area contributed by atoms with Gasteiger partial charge in [0.15, 0.2) is 6.29 Å². The van der Waals surface area contributed by atoms with E-state index in [1.165, 1.54) is 7.11 Å². The summed E-state index contributed by atoms with van der Waals surface area (Å²) in [6, 6.07) is 1.63. The van der Waals surface area contributed by atoms with Gasteiger partial charge in [-0.25, -0.2) is 4.79 Å². The van der Waals surface area contributed by atoms with Gasteiger partial charge in [0.05, 0.1) is 31.6 Å². The molecule has 1 aromatic heterocycles. The molecule has 0 amide bonds. The molecule has 0 radical (unpaired) electrons. The maximum absolute atomic E-state index is 11.5. The summed E-state index contributed by atoms with van der Waals surface area (Å²) in [5.41, 5.74) is 0.715. The van der Waals surface area contributed by atoms with Crippen molar-refractivity contribution in [3.63, 3.8) is 0 Å². The van der Waals surface area contributed by atoms with Crippen molar-refractivity contribution in [3.8, 4) is 0 Å². The smallest absolute Gasteiger partial charge is 0.340 e. The Morgan fingerprint density at radius 3 is 2.80 bits per heavy atom. The van der Waals surface area contributed by atoms with E-state index in [0.717, 1.165) is 39.3 Å². The van der Waals surface area contributed by atoms with Crippen LogP contribution in [0.25, 0.3) is 0 Å². The first-order valence-electron chi connectivity index (χ1n) is 6.79. The van der Waals surface area contributed by atoms with Crippen molar-refractivity contribution in [1.29, 1.82) is 0 Å². The van der Waals surface area contributed by atoms with Crippen molar-refractivity contribution >= 4 is 12.3 Å². The lowest BCUT2D eigenvalue weighted by Gasteiger charge is -2.26. The van der Waals surface area contributed by atoms with Crippen molar-refractivity contribution in [3.05, 3.63) is 23.5 Å². The number of esters is 1. The molecule has 0 atom stereocenters. The van der Waals surface area contributed by atoms with E-state index in [0.29, 0.717) is 24.1 Å². The van der Waals surface area contributed by atoms with Crippen LogP contribution in [0.2, 0.25) is 0 Å². The number of ether oxygens (including phenoxy) is 2. The van der Waals surface area contributed by atoms with E-state index < -0.39 is 5.97 Å². The molecule has 2 heterocycles. The van der Waals surface area contributed by atoms with Gasteiger partial charge in [-0.05, 0) is 12.5 Å². The third-order valence-corrected chi connectivity index (χ3v) is 3.50. The van der Waals surface area contributed by atoms with Crippen LogP contribution < -0.4 is 0 Å². The number of hydrogen-bond acceptors (Lipinski definition) is 5. The van der Waals surface area contributed by atoms with Gasteiger partial charge in [0.25, 0.3) is 0 Å². The van der Waals surface area contributed by atoms with Crippen molar-refractivity contribution < 1.29 is 19.1 Å². The van der Waals surface area contributed by atoms with Gasteiger partial charge in [-0.1, -0.05) is 0 Å². The van der Waals surface area contributed by atoms with E-state index in [9.17, 15) is 9.59 Å². The number of aldehydes is 1. The SMILES string of the molecule is COC(=O)c1ccn(CCCN2CCOCC2)c1C=O. The Morgan fingerprint density at radius 2 is 2.15 bits per heavy atom. The molecule has 20 heavy (non-hydrogen) atoms. The van der Waals surface area contributed by atoms with Crippen molar-refractivity contribution in [2.75, 3.05) is 40.0 Å². The quantitative estimate of drug-likeness (QED) is 0.570. The number of morpholine rings is 1. The number of carbonyl (C=O) groups is 2. The maximum atomic E-state index is 11.5. The molecule has 110 valence electrons. The highest BCUT2D eigenvalue weighted by Gasteiger charge is 2.16. The normalized spacial score (nSPS) is 16.1. The number of nitrogens with zero attached hydrogens (tertiary/aromatic N) is 2.